The van der Waals surface area contributed by atoms with Crippen molar-refractivity contribution in [3.8, 4) is 5.88 Å². The number of oxime groups is 1. The number of benzene rings is 2. The number of nitrogens with zero attached hydrogens (tertiary/aromatic N) is 3. The van der Waals surface area contributed by atoms with Crippen LogP contribution in [0, 0.1) is 5.82 Å². The Hall–Kier alpha value is -3.28. The lowest BCUT2D eigenvalue weighted by molar-refractivity contribution is 0.160. The Bertz CT molecular complexity index is 1380. The summed E-state index contributed by atoms with van der Waals surface area (Å²) in [6.07, 6.45) is 0. The average molecular weight is 472 g/mol. The molecule has 3 heterocycles. The molecule has 172 valence electrons. The lowest BCUT2D eigenvalue weighted by Crippen LogP contribution is -2.47. The van der Waals surface area contributed by atoms with E-state index < -0.39 is 15.8 Å². The molecule has 5 rings (SSSR count). The van der Waals surface area contributed by atoms with Gasteiger partial charge in [0, 0.05) is 42.6 Å². The summed E-state index contributed by atoms with van der Waals surface area (Å²) in [6.45, 7) is 1.95. The quantitative estimate of drug-likeness (QED) is 0.376. The molecule has 0 saturated carbocycles. The third-order valence-electron chi connectivity index (χ3n) is 5.65. The van der Waals surface area contributed by atoms with Gasteiger partial charge in [-0.05, 0) is 24.3 Å². The van der Waals surface area contributed by atoms with Gasteiger partial charge in [0.05, 0.1) is 11.3 Å². The first-order valence-corrected chi connectivity index (χ1v) is 12.1. The second-order valence-electron chi connectivity index (χ2n) is 7.75. The molecule has 1 aromatic heterocycles. The Kier molecular flexibility index (Phi) is 5.60. The number of H-pyrrole nitrogens is 1. The van der Waals surface area contributed by atoms with Crippen LogP contribution in [0.2, 0.25) is 0 Å². The van der Waals surface area contributed by atoms with Crippen molar-refractivity contribution in [1.29, 1.82) is 0 Å². The van der Waals surface area contributed by atoms with E-state index in [1.165, 1.54) is 22.5 Å². The largest absolute Gasteiger partial charge is 0.494 e. The van der Waals surface area contributed by atoms with Crippen molar-refractivity contribution in [3.05, 3.63) is 59.4 Å². The van der Waals surface area contributed by atoms with Gasteiger partial charge in [0.15, 0.2) is 5.88 Å². The van der Waals surface area contributed by atoms with E-state index in [-0.39, 0.29) is 18.2 Å². The third-order valence-corrected chi connectivity index (χ3v) is 7.49. The highest BCUT2D eigenvalue weighted by Crippen LogP contribution is 2.35. The van der Waals surface area contributed by atoms with E-state index in [1.807, 2.05) is 12.1 Å². The van der Waals surface area contributed by atoms with E-state index in [0.717, 1.165) is 0 Å². The smallest absolute Gasteiger partial charge is 0.217 e. The molecule has 33 heavy (non-hydrogen) atoms. The maximum Gasteiger partial charge on any atom is 0.217 e. The fourth-order valence-corrected chi connectivity index (χ4v) is 5.32. The fraction of sp³-hybridized carbons (Fsp3) is 0.273. The number of fused-ring (bicyclic) bond motifs is 2. The van der Waals surface area contributed by atoms with Gasteiger partial charge in [-0.2, -0.15) is 4.31 Å². The number of hydrogen-bond acceptors (Lipinski definition) is 7. The van der Waals surface area contributed by atoms with Crippen LogP contribution >= 0.6 is 0 Å². The Morgan fingerprint density at radius 1 is 1.18 bits per heavy atom. The number of nitrogens with one attached hydrogen (secondary N) is 2. The zero-order valence-corrected chi connectivity index (χ0v) is 18.4. The summed E-state index contributed by atoms with van der Waals surface area (Å²) in [5.74, 6) is -0.829. The number of aromatic nitrogens is 1. The molecule has 0 atom stereocenters. The van der Waals surface area contributed by atoms with E-state index in [4.69, 9.17) is 4.84 Å². The van der Waals surface area contributed by atoms with Crippen LogP contribution < -0.4 is 5.32 Å². The van der Waals surface area contributed by atoms with Gasteiger partial charge in [-0.25, -0.2) is 17.8 Å². The summed E-state index contributed by atoms with van der Waals surface area (Å²) < 4.78 is 40.4. The average Bonchev–Trinajstić information content (AvgIpc) is 3.33. The minimum Gasteiger partial charge on any atom is -0.494 e. The second-order valence-corrected chi connectivity index (χ2v) is 9.84. The number of aromatic hydroxyl groups is 1. The molecule has 0 aliphatic carbocycles. The highest BCUT2D eigenvalue weighted by Gasteiger charge is 2.30. The first-order valence-electron chi connectivity index (χ1n) is 10.5. The molecule has 2 aromatic carbocycles. The topological polar surface area (TPSA) is 119 Å². The lowest BCUT2D eigenvalue weighted by Gasteiger charge is -2.26. The van der Waals surface area contributed by atoms with Crippen LogP contribution in [-0.2, 0) is 14.9 Å². The van der Waals surface area contributed by atoms with E-state index in [2.05, 4.69) is 20.4 Å². The van der Waals surface area contributed by atoms with Crippen LogP contribution in [0.5, 0.6) is 5.88 Å². The monoisotopic (exact) mass is 471 g/mol. The van der Waals surface area contributed by atoms with Crippen molar-refractivity contribution in [3.63, 3.8) is 0 Å². The lowest BCUT2D eigenvalue weighted by atomic mass is 10.0. The number of aliphatic imine (C=N–C) groups is 1. The SMILES string of the molecule is O=S(=O)(CCON=C1C(c2c(O)[nH]c3ccc(F)cc23)=Nc2ccccc21)N1CCNCC1. The van der Waals surface area contributed by atoms with Gasteiger partial charge in [0.1, 0.15) is 29.6 Å². The van der Waals surface area contributed by atoms with Crippen LogP contribution in [0.4, 0.5) is 10.1 Å². The normalized spacial score (nSPS) is 18.0. The van der Waals surface area contributed by atoms with Crippen molar-refractivity contribution in [2.24, 2.45) is 10.1 Å². The standard InChI is InChI=1S/C22H22FN5O4S/c23-14-5-6-18-16(13-14)19(22(29)26-18)21-20(15-3-1-2-4-17(15)25-21)27-32-11-12-33(30,31)28-9-7-24-8-10-28/h1-6,13,24,26,29H,7-12H2. The third kappa shape index (κ3) is 4.10. The zero-order chi connectivity index (χ0) is 23.0. The van der Waals surface area contributed by atoms with Crippen LogP contribution in [0.15, 0.2) is 52.6 Å². The number of aromatic amines is 1. The van der Waals surface area contributed by atoms with E-state index in [0.29, 0.717) is 65.3 Å². The van der Waals surface area contributed by atoms with Crippen molar-refractivity contribution >= 4 is 38.0 Å². The molecule has 1 saturated heterocycles. The molecule has 2 aliphatic rings. The molecule has 0 unspecified atom stereocenters. The predicted octanol–water partition coefficient (Wildman–Crippen LogP) is 2.10. The van der Waals surface area contributed by atoms with Crippen molar-refractivity contribution in [2.45, 2.75) is 0 Å². The molecule has 1 fully saturated rings. The Balaban J connectivity index is 1.43. The first-order chi connectivity index (χ1) is 15.9. The van der Waals surface area contributed by atoms with Gasteiger partial charge in [0.25, 0.3) is 0 Å². The molecule has 3 N–H and O–H groups in total. The van der Waals surface area contributed by atoms with E-state index >= 15 is 0 Å². The second kappa shape index (κ2) is 8.58. The summed E-state index contributed by atoms with van der Waals surface area (Å²) >= 11 is 0. The van der Waals surface area contributed by atoms with Crippen molar-refractivity contribution in [1.82, 2.24) is 14.6 Å². The molecule has 2 aliphatic heterocycles. The molecular weight excluding hydrogens is 449 g/mol. The molecule has 9 nitrogen and oxygen atoms in total. The van der Waals surface area contributed by atoms with E-state index in [9.17, 15) is 17.9 Å². The molecule has 11 heteroatoms. The van der Waals surface area contributed by atoms with Crippen LogP contribution in [0.25, 0.3) is 10.9 Å². The molecular formula is C22H22FN5O4S. The van der Waals surface area contributed by atoms with Gasteiger partial charge in [-0.3, -0.25) is 0 Å². The number of piperazine rings is 1. The minimum atomic E-state index is -3.45. The number of hydrogen-bond donors (Lipinski definition) is 3. The maximum absolute atomic E-state index is 13.9. The Labute approximate surface area is 189 Å². The summed E-state index contributed by atoms with van der Waals surface area (Å²) in [7, 11) is -3.45. The van der Waals surface area contributed by atoms with Crippen LogP contribution in [-0.4, -0.2) is 72.8 Å². The Morgan fingerprint density at radius 3 is 2.79 bits per heavy atom. The highest BCUT2D eigenvalue weighted by molar-refractivity contribution is 7.89. The van der Waals surface area contributed by atoms with E-state index in [1.54, 1.807) is 12.1 Å². The highest BCUT2D eigenvalue weighted by atomic mass is 32.2. The molecule has 0 radical (unpaired) electrons. The molecule has 0 bridgehead atoms. The van der Waals surface area contributed by atoms with Gasteiger partial charge in [-0.1, -0.05) is 23.4 Å². The van der Waals surface area contributed by atoms with Crippen molar-refractivity contribution < 1.29 is 22.8 Å². The first kappa shape index (κ1) is 21.6. The van der Waals surface area contributed by atoms with Gasteiger partial charge in [-0.15, -0.1) is 0 Å². The van der Waals surface area contributed by atoms with Crippen molar-refractivity contribution in [2.75, 3.05) is 38.5 Å². The Morgan fingerprint density at radius 2 is 1.97 bits per heavy atom. The molecule has 0 spiro atoms. The maximum atomic E-state index is 13.9. The molecule has 0 amide bonds. The summed E-state index contributed by atoms with van der Waals surface area (Å²) in [5, 5.41) is 18.3. The van der Waals surface area contributed by atoms with Gasteiger partial charge in [0.2, 0.25) is 10.0 Å². The number of halogens is 1. The minimum absolute atomic E-state index is 0.139. The number of sulfonamides is 1. The van der Waals surface area contributed by atoms with Gasteiger partial charge >= 0.3 is 0 Å². The number of para-hydroxylation sites is 1. The van der Waals surface area contributed by atoms with Crippen LogP contribution in [0.3, 0.4) is 0 Å². The predicted molar refractivity (Wildman–Crippen MR) is 123 cm³/mol. The summed E-state index contributed by atoms with van der Waals surface area (Å²) in [4.78, 5) is 12.8. The summed E-state index contributed by atoms with van der Waals surface area (Å²) in [5.41, 5.74) is 2.79. The zero-order valence-electron chi connectivity index (χ0n) is 17.6. The fourth-order valence-electron chi connectivity index (χ4n) is 4.03. The van der Waals surface area contributed by atoms with Gasteiger partial charge < -0.3 is 20.2 Å². The number of rotatable bonds is 6. The van der Waals surface area contributed by atoms with Crippen LogP contribution in [0.1, 0.15) is 11.1 Å². The summed E-state index contributed by atoms with van der Waals surface area (Å²) in [6, 6.07) is 11.4. The molecule has 3 aromatic rings.